The lowest BCUT2D eigenvalue weighted by Crippen LogP contribution is -2.26. The fraction of sp³-hybridized carbons (Fsp3) is 0.250. The predicted octanol–water partition coefficient (Wildman–Crippen LogP) is 1.96. The number of pyridine rings is 1. The zero-order valence-corrected chi connectivity index (χ0v) is 10.6. The zero-order chi connectivity index (χ0) is 13.0. The molecule has 0 aromatic carbocycles. The van der Waals surface area contributed by atoms with Crippen molar-refractivity contribution < 1.29 is 9.18 Å². The van der Waals surface area contributed by atoms with Crippen LogP contribution in [0.1, 0.15) is 21.1 Å². The van der Waals surface area contributed by atoms with Crippen LogP contribution in [0.2, 0.25) is 0 Å². The van der Waals surface area contributed by atoms with Crippen molar-refractivity contribution in [2.24, 2.45) is 0 Å². The van der Waals surface area contributed by atoms with E-state index in [0.717, 1.165) is 10.7 Å². The fourth-order valence-electron chi connectivity index (χ4n) is 1.48. The minimum atomic E-state index is -0.750. The second-order valence-electron chi connectivity index (χ2n) is 3.71. The molecule has 1 N–H and O–H groups in total. The van der Waals surface area contributed by atoms with E-state index in [1.54, 1.807) is 11.3 Å². The maximum Gasteiger partial charge on any atom is 0.255 e. The van der Waals surface area contributed by atoms with Gasteiger partial charge < -0.3 is 5.32 Å². The topological polar surface area (TPSA) is 54.9 Å². The third kappa shape index (κ3) is 3.10. The molecule has 0 saturated carbocycles. The Labute approximate surface area is 108 Å². The smallest absolute Gasteiger partial charge is 0.255 e. The van der Waals surface area contributed by atoms with Crippen LogP contribution in [0, 0.1) is 12.9 Å². The van der Waals surface area contributed by atoms with Crippen molar-refractivity contribution in [3.8, 4) is 0 Å². The third-order valence-electron chi connectivity index (χ3n) is 2.34. The number of nitrogens with zero attached hydrogens (tertiary/aromatic N) is 2. The first kappa shape index (κ1) is 12.6. The highest BCUT2D eigenvalue weighted by molar-refractivity contribution is 7.09. The van der Waals surface area contributed by atoms with Crippen LogP contribution in [-0.4, -0.2) is 22.4 Å². The molecule has 6 heteroatoms. The normalized spacial score (nSPS) is 10.3. The minimum absolute atomic E-state index is 0.0352. The number of aryl methyl sites for hydroxylation is 1. The first-order chi connectivity index (χ1) is 8.66. The Hall–Kier alpha value is -1.82. The second kappa shape index (κ2) is 5.68. The fourth-order valence-corrected chi connectivity index (χ4v) is 2.12. The number of rotatable bonds is 4. The Morgan fingerprint density at radius 1 is 1.56 bits per heavy atom. The van der Waals surface area contributed by atoms with Crippen molar-refractivity contribution in [2.45, 2.75) is 13.3 Å². The summed E-state index contributed by atoms with van der Waals surface area (Å²) in [5, 5.41) is 5.59. The Bertz CT molecular complexity index is 556. The van der Waals surface area contributed by atoms with E-state index in [1.807, 2.05) is 12.3 Å². The molecule has 2 rings (SSSR count). The molecule has 0 unspecified atom stereocenters. The van der Waals surface area contributed by atoms with E-state index in [4.69, 9.17) is 0 Å². The molecule has 18 heavy (non-hydrogen) atoms. The summed E-state index contributed by atoms with van der Waals surface area (Å²) in [6.07, 6.45) is 1.95. The molecular formula is C12H12FN3OS. The maximum atomic E-state index is 13.2. The van der Waals surface area contributed by atoms with Crippen LogP contribution in [0.15, 0.2) is 23.7 Å². The lowest BCUT2D eigenvalue weighted by atomic mass is 10.2. The van der Waals surface area contributed by atoms with E-state index in [0.29, 0.717) is 13.0 Å². The van der Waals surface area contributed by atoms with Crippen LogP contribution >= 0.6 is 11.3 Å². The van der Waals surface area contributed by atoms with Crippen molar-refractivity contribution >= 4 is 17.2 Å². The summed E-state index contributed by atoms with van der Waals surface area (Å²) >= 11 is 1.57. The summed E-state index contributed by atoms with van der Waals surface area (Å²) in [6, 6.07) is 2.94. The van der Waals surface area contributed by atoms with Crippen molar-refractivity contribution in [1.29, 1.82) is 0 Å². The Morgan fingerprint density at radius 3 is 3.06 bits per heavy atom. The Kier molecular flexibility index (Phi) is 3.99. The zero-order valence-electron chi connectivity index (χ0n) is 9.81. The standard InChI is InChI=1S/C12H12FN3OS/c1-8-16-9(7-18-8)4-6-15-12(17)10-3-2-5-14-11(10)13/h2-3,5,7H,4,6H2,1H3,(H,15,17). The van der Waals surface area contributed by atoms with E-state index in [9.17, 15) is 9.18 Å². The van der Waals surface area contributed by atoms with Gasteiger partial charge in [0.15, 0.2) is 0 Å². The summed E-state index contributed by atoms with van der Waals surface area (Å²) in [5.74, 6) is -1.20. The molecule has 94 valence electrons. The van der Waals surface area contributed by atoms with Gasteiger partial charge in [-0.15, -0.1) is 11.3 Å². The summed E-state index contributed by atoms with van der Waals surface area (Å²) < 4.78 is 13.2. The second-order valence-corrected chi connectivity index (χ2v) is 4.77. The molecular weight excluding hydrogens is 253 g/mol. The van der Waals surface area contributed by atoms with Gasteiger partial charge in [-0.2, -0.15) is 4.39 Å². The van der Waals surface area contributed by atoms with Crippen LogP contribution < -0.4 is 5.32 Å². The number of hydrogen-bond acceptors (Lipinski definition) is 4. The molecule has 2 heterocycles. The number of nitrogens with one attached hydrogen (secondary N) is 1. The molecule has 0 fully saturated rings. The molecule has 0 saturated heterocycles. The average molecular weight is 265 g/mol. The number of aromatic nitrogens is 2. The van der Waals surface area contributed by atoms with Crippen LogP contribution in [0.5, 0.6) is 0 Å². The summed E-state index contributed by atoms with van der Waals surface area (Å²) in [4.78, 5) is 19.4. The molecule has 0 aliphatic carbocycles. The molecule has 0 bridgehead atoms. The Balaban J connectivity index is 1.87. The van der Waals surface area contributed by atoms with Crippen molar-refractivity contribution in [2.75, 3.05) is 6.54 Å². The lowest BCUT2D eigenvalue weighted by Gasteiger charge is -2.04. The molecule has 2 aromatic rings. The van der Waals surface area contributed by atoms with Gasteiger partial charge in [0.2, 0.25) is 5.95 Å². The lowest BCUT2D eigenvalue weighted by molar-refractivity contribution is 0.0949. The molecule has 0 aliphatic rings. The molecule has 2 aromatic heterocycles. The van der Waals surface area contributed by atoms with Gasteiger partial charge in [0, 0.05) is 24.5 Å². The molecule has 0 atom stereocenters. The number of carbonyl (C=O) groups excluding carboxylic acids is 1. The van der Waals surface area contributed by atoms with Gasteiger partial charge in [0.05, 0.1) is 16.3 Å². The largest absolute Gasteiger partial charge is 0.352 e. The highest BCUT2D eigenvalue weighted by Gasteiger charge is 2.11. The van der Waals surface area contributed by atoms with Gasteiger partial charge in [-0.3, -0.25) is 4.79 Å². The monoisotopic (exact) mass is 265 g/mol. The van der Waals surface area contributed by atoms with Gasteiger partial charge in [-0.1, -0.05) is 0 Å². The predicted molar refractivity (Wildman–Crippen MR) is 67.1 cm³/mol. The van der Waals surface area contributed by atoms with E-state index >= 15 is 0 Å². The maximum absolute atomic E-state index is 13.2. The van der Waals surface area contributed by atoms with Crippen molar-refractivity contribution in [1.82, 2.24) is 15.3 Å². The number of thiazole rings is 1. The van der Waals surface area contributed by atoms with Crippen molar-refractivity contribution in [3.63, 3.8) is 0 Å². The molecule has 0 spiro atoms. The summed E-state index contributed by atoms with van der Waals surface area (Å²) in [7, 11) is 0. The van der Waals surface area contributed by atoms with E-state index in [2.05, 4.69) is 15.3 Å². The van der Waals surface area contributed by atoms with E-state index in [1.165, 1.54) is 18.3 Å². The van der Waals surface area contributed by atoms with Crippen LogP contribution in [0.4, 0.5) is 4.39 Å². The van der Waals surface area contributed by atoms with Gasteiger partial charge in [0.25, 0.3) is 5.91 Å². The highest BCUT2D eigenvalue weighted by Crippen LogP contribution is 2.08. The molecule has 0 radical (unpaired) electrons. The summed E-state index contributed by atoms with van der Waals surface area (Å²) in [6.45, 7) is 2.36. The highest BCUT2D eigenvalue weighted by atomic mass is 32.1. The van der Waals surface area contributed by atoms with E-state index < -0.39 is 11.9 Å². The molecule has 1 amide bonds. The van der Waals surface area contributed by atoms with Crippen LogP contribution in [0.25, 0.3) is 0 Å². The van der Waals surface area contributed by atoms with Gasteiger partial charge in [-0.05, 0) is 19.1 Å². The average Bonchev–Trinajstić information content (AvgIpc) is 2.75. The third-order valence-corrected chi connectivity index (χ3v) is 3.16. The Morgan fingerprint density at radius 2 is 2.39 bits per heavy atom. The van der Waals surface area contributed by atoms with Crippen LogP contribution in [0.3, 0.4) is 0 Å². The molecule has 0 aliphatic heterocycles. The number of halogens is 1. The first-order valence-electron chi connectivity index (χ1n) is 5.46. The summed E-state index contributed by atoms with van der Waals surface area (Å²) in [5.41, 5.74) is 0.899. The van der Waals surface area contributed by atoms with Gasteiger partial charge >= 0.3 is 0 Å². The van der Waals surface area contributed by atoms with Gasteiger partial charge in [-0.25, -0.2) is 9.97 Å². The number of amides is 1. The van der Waals surface area contributed by atoms with Gasteiger partial charge in [0.1, 0.15) is 0 Å². The molecule has 4 nitrogen and oxygen atoms in total. The number of carbonyl (C=O) groups is 1. The van der Waals surface area contributed by atoms with Crippen molar-refractivity contribution in [3.05, 3.63) is 45.9 Å². The SMILES string of the molecule is Cc1nc(CCNC(=O)c2cccnc2F)cs1. The minimum Gasteiger partial charge on any atom is -0.352 e. The number of hydrogen-bond donors (Lipinski definition) is 1. The van der Waals surface area contributed by atoms with Crippen LogP contribution in [-0.2, 0) is 6.42 Å². The quantitative estimate of drug-likeness (QED) is 0.860. The van der Waals surface area contributed by atoms with E-state index in [-0.39, 0.29) is 5.56 Å². The first-order valence-corrected chi connectivity index (χ1v) is 6.34.